The van der Waals surface area contributed by atoms with Crippen LogP contribution in [0.3, 0.4) is 0 Å². The summed E-state index contributed by atoms with van der Waals surface area (Å²) in [5.74, 6) is 0.171. The monoisotopic (exact) mass is 492 g/mol. The quantitative estimate of drug-likeness (QED) is 0.255. The van der Waals surface area contributed by atoms with Gasteiger partial charge in [0.2, 0.25) is 0 Å². The van der Waals surface area contributed by atoms with E-state index in [-0.39, 0.29) is 24.1 Å². The van der Waals surface area contributed by atoms with Crippen molar-refractivity contribution < 1.29 is 22.4 Å². The lowest BCUT2D eigenvalue weighted by atomic mass is 10.00. The Morgan fingerprint density at radius 2 is 1.94 bits per heavy atom. The number of rotatable bonds is 7. The van der Waals surface area contributed by atoms with Crippen molar-refractivity contribution >= 4 is 30.6 Å². The standard InChI is InChI=1S/C22H24F4N8O/c1-27-13-33(28-2)20-11-29-17(10-31-20)21(35)34(15-4-5-15)18-7-8-32(12-16(18)23)19-6-3-14(9-30-19)22(24,25)26/h3,6,9-11,13,15-16,18H,2,4-5,7-8,12H2,1H3/t16-,18+/m0/s1. The van der Waals surface area contributed by atoms with Gasteiger partial charge in [-0.25, -0.2) is 24.4 Å². The van der Waals surface area contributed by atoms with Gasteiger partial charge in [0.15, 0.2) is 5.82 Å². The molecule has 2 aliphatic rings. The zero-order valence-electron chi connectivity index (χ0n) is 18.9. The van der Waals surface area contributed by atoms with Gasteiger partial charge in [0.05, 0.1) is 30.5 Å². The number of amides is 1. The zero-order valence-corrected chi connectivity index (χ0v) is 18.9. The van der Waals surface area contributed by atoms with Gasteiger partial charge < -0.3 is 9.80 Å². The normalized spacial score (nSPS) is 20.7. The number of halogens is 4. The van der Waals surface area contributed by atoms with E-state index in [9.17, 15) is 18.0 Å². The number of nitrogens with zero attached hydrogens (tertiary/aromatic N) is 8. The van der Waals surface area contributed by atoms with Crippen molar-refractivity contribution in [3.8, 4) is 0 Å². The number of alkyl halides is 4. The first kappa shape index (κ1) is 24.5. The fraction of sp³-hybridized carbons (Fsp3) is 0.455. The molecule has 1 aliphatic heterocycles. The Labute approximate surface area is 199 Å². The van der Waals surface area contributed by atoms with Crippen LogP contribution in [0.2, 0.25) is 0 Å². The van der Waals surface area contributed by atoms with Gasteiger partial charge in [-0.15, -0.1) is 0 Å². The van der Waals surface area contributed by atoms with E-state index in [1.54, 1.807) is 16.8 Å². The summed E-state index contributed by atoms with van der Waals surface area (Å²) in [6.45, 7) is 3.69. The molecule has 1 amide bonds. The second kappa shape index (κ2) is 9.92. The summed E-state index contributed by atoms with van der Waals surface area (Å²) in [5, 5.41) is 5.04. The van der Waals surface area contributed by atoms with Gasteiger partial charge in [0.1, 0.15) is 24.0 Å². The third kappa shape index (κ3) is 5.38. The summed E-state index contributed by atoms with van der Waals surface area (Å²) in [5.41, 5.74) is -0.781. The Kier molecular flexibility index (Phi) is 6.94. The molecular weight excluding hydrogens is 468 g/mol. The number of anilines is 2. The molecule has 4 rings (SSSR count). The number of hydrazone groups is 1. The third-order valence-corrected chi connectivity index (χ3v) is 5.91. The summed E-state index contributed by atoms with van der Waals surface area (Å²) in [4.78, 5) is 32.5. The number of aliphatic imine (C=N–C) groups is 1. The van der Waals surface area contributed by atoms with Crippen LogP contribution in [0.25, 0.3) is 0 Å². The minimum Gasteiger partial charge on any atom is -0.354 e. The summed E-state index contributed by atoms with van der Waals surface area (Å²) in [6, 6.07) is 1.41. The minimum absolute atomic E-state index is 0.0807. The summed E-state index contributed by atoms with van der Waals surface area (Å²) < 4.78 is 53.7. The largest absolute Gasteiger partial charge is 0.417 e. The molecule has 9 nitrogen and oxygen atoms in total. The second-order valence-corrected chi connectivity index (χ2v) is 8.28. The molecule has 1 saturated carbocycles. The van der Waals surface area contributed by atoms with Gasteiger partial charge in [-0.3, -0.25) is 9.79 Å². The smallest absolute Gasteiger partial charge is 0.354 e. The van der Waals surface area contributed by atoms with Crippen LogP contribution in [-0.2, 0) is 6.18 Å². The number of carbonyl (C=O) groups excluding carboxylic acids is 1. The van der Waals surface area contributed by atoms with Crippen LogP contribution in [0.4, 0.5) is 29.2 Å². The highest BCUT2D eigenvalue weighted by atomic mass is 19.4. The van der Waals surface area contributed by atoms with Crippen LogP contribution >= 0.6 is 0 Å². The summed E-state index contributed by atoms with van der Waals surface area (Å²) in [7, 11) is 1.56. The molecule has 3 heterocycles. The predicted octanol–water partition coefficient (Wildman–Crippen LogP) is 3.19. The van der Waals surface area contributed by atoms with Crippen molar-refractivity contribution in [2.75, 3.05) is 30.0 Å². The van der Waals surface area contributed by atoms with Crippen molar-refractivity contribution in [2.45, 2.75) is 43.7 Å². The van der Waals surface area contributed by atoms with Crippen molar-refractivity contribution in [1.82, 2.24) is 19.9 Å². The van der Waals surface area contributed by atoms with Gasteiger partial charge >= 0.3 is 6.18 Å². The maximum atomic E-state index is 15.3. The molecule has 2 aromatic rings. The molecule has 35 heavy (non-hydrogen) atoms. The van der Waals surface area contributed by atoms with Crippen LogP contribution in [0.1, 0.15) is 35.3 Å². The van der Waals surface area contributed by atoms with E-state index >= 15 is 4.39 Å². The fourth-order valence-electron chi connectivity index (χ4n) is 4.05. The van der Waals surface area contributed by atoms with E-state index in [2.05, 4.69) is 31.8 Å². The predicted molar refractivity (Wildman–Crippen MR) is 122 cm³/mol. The average molecular weight is 492 g/mol. The van der Waals surface area contributed by atoms with Crippen molar-refractivity contribution in [2.24, 2.45) is 10.1 Å². The van der Waals surface area contributed by atoms with E-state index in [4.69, 9.17) is 0 Å². The number of aromatic nitrogens is 3. The van der Waals surface area contributed by atoms with Crippen molar-refractivity contribution in [1.29, 1.82) is 0 Å². The topological polar surface area (TPSA) is 90.2 Å². The first-order chi connectivity index (χ1) is 16.7. The van der Waals surface area contributed by atoms with Crippen LogP contribution in [0.5, 0.6) is 0 Å². The minimum atomic E-state index is -4.49. The molecular formula is C22H24F4N8O. The van der Waals surface area contributed by atoms with Gasteiger partial charge in [-0.1, -0.05) is 0 Å². The molecule has 0 bridgehead atoms. The molecule has 0 spiro atoms. The van der Waals surface area contributed by atoms with E-state index < -0.39 is 29.9 Å². The molecule has 0 N–H and O–H groups in total. The molecule has 1 saturated heterocycles. The summed E-state index contributed by atoms with van der Waals surface area (Å²) in [6.07, 6.45) is 0.747. The van der Waals surface area contributed by atoms with E-state index in [0.717, 1.165) is 25.1 Å². The molecule has 2 fully saturated rings. The molecule has 1 aliphatic carbocycles. The third-order valence-electron chi connectivity index (χ3n) is 5.91. The molecule has 0 aromatic carbocycles. The fourth-order valence-corrected chi connectivity index (χ4v) is 4.05. The molecule has 2 aromatic heterocycles. The Balaban J connectivity index is 1.46. The highest BCUT2D eigenvalue weighted by molar-refractivity contribution is 5.93. The lowest BCUT2D eigenvalue weighted by Gasteiger charge is -2.41. The van der Waals surface area contributed by atoms with Crippen molar-refractivity contribution in [3.63, 3.8) is 0 Å². The van der Waals surface area contributed by atoms with Crippen LogP contribution in [-0.4, -0.2) is 77.2 Å². The first-order valence-corrected chi connectivity index (χ1v) is 11.0. The highest BCUT2D eigenvalue weighted by Gasteiger charge is 2.44. The number of piperidine rings is 1. The van der Waals surface area contributed by atoms with Gasteiger partial charge in [-0.05, 0) is 31.4 Å². The molecule has 186 valence electrons. The Morgan fingerprint density at radius 3 is 2.46 bits per heavy atom. The van der Waals surface area contributed by atoms with E-state index in [1.165, 1.54) is 29.8 Å². The lowest BCUT2D eigenvalue weighted by Crippen LogP contribution is -2.55. The first-order valence-electron chi connectivity index (χ1n) is 11.0. The number of hydrogen-bond donors (Lipinski definition) is 0. The van der Waals surface area contributed by atoms with E-state index in [0.29, 0.717) is 18.8 Å². The van der Waals surface area contributed by atoms with Gasteiger partial charge in [-0.2, -0.15) is 18.3 Å². The van der Waals surface area contributed by atoms with Gasteiger partial charge in [0.25, 0.3) is 5.91 Å². The SMILES string of the molecule is C=NN(C=NC)c1cnc(C(=O)N(C2CC2)[C@@H]2CCN(c3ccc(C(F)(F)F)cn3)C[C@@H]2F)cn1. The number of hydrogen-bond acceptors (Lipinski definition) is 7. The van der Waals surface area contributed by atoms with Crippen LogP contribution in [0, 0.1) is 0 Å². The van der Waals surface area contributed by atoms with Crippen molar-refractivity contribution in [3.05, 3.63) is 42.0 Å². The van der Waals surface area contributed by atoms with Crippen LogP contribution in [0.15, 0.2) is 40.8 Å². The maximum absolute atomic E-state index is 15.3. The highest BCUT2D eigenvalue weighted by Crippen LogP contribution is 2.35. The second-order valence-electron chi connectivity index (χ2n) is 8.28. The van der Waals surface area contributed by atoms with Crippen LogP contribution < -0.4 is 9.91 Å². The molecule has 13 heteroatoms. The van der Waals surface area contributed by atoms with Gasteiger partial charge in [0, 0.05) is 32.5 Å². The molecule has 2 atom stereocenters. The zero-order chi connectivity index (χ0) is 25.2. The average Bonchev–Trinajstić information content (AvgIpc) is 3.68. The van der Waals surface area contributed by atoms with E-state index in [1.807, 2.05) is 0 Å². The Hall–Kier alpha value is -3.64. The Bertz CT molecular complexity index is 1070. The molecule has 0 unspecified atom stereocenters. The lowest BCUT2D eigenvalue weighted by molar-refractivity contribution is -0.137. The number of pyridine rings is 1. The maximum Gasteiger partial charge on any atom is 0.417 e. The summed E-state index contributed by atoms with van der Waals surface area (Å²) >= 11 is 0. The molecule has 0 radical (unpaired) electrons. The number of carbonyl (C=O) groups is 1. The Morgan fingerprint density at radius 1 is 1.17 bits per heavy atom.